The van der Waals surface area contributed by atoms with Gasteiger partial charge in [-0.2, -0.15) is 5.10 Å². The SMILES string of the molecule is OCCN(Cc1ccccc1)CC(O)c1n[nH]c2ccccc12. The maximum absolute atomic E-state index is 10.6. The smallest absolute Gasteiger partial charge is 0.111 e. The van der Waals surface area contributed by atoms with Gasteiger partial charge in [0.2, 0.25) is 0 Å². The van der Waals surface area contributed by atoms with Gasteiger partial charge in [-0.25, -0.2) is 0 Å². The van der Waals surface area contributed by atoms with Gasteiger partial charge in [0.1, 0.15) is 6.10 Å². The number of fused-ring (bicyclic) bond motifs is 1. The van der Waals surface area contributed by atoms with E-state index in [9.17, 15) is 10.2 Å². The van der Waals surface area contributed by atoms with Crippen LogP contribution in [0, 0.1) is 0 Å². The van der Waals surface area contributed by atoms with Gasteiger partial charge in [0, 0.05) is 25.0 Å². The van der Waals surface area contributed by atoms with E-state index in [1.807, 2.05) is 59.5 Å². The van der Waals surface area contributed by atoms with Crippen molar-refractivity contribution in [2.45, 2.75) is 12.6 Å². The van der Waals surface area contributed by atoms with Crippen LogP contribution in [-0.2, 0) is 6.54 Å². The van der Waals surface area contributed by atoms with Crippen LogP contribution in [0.1, 0.15) is 17.4 Å². The fourth-order valence-corrected chi connectivity index (χ4v) is 2.79. The van der Waals surface area contributed by atoms with Gasteiger partial charge in [-0.15, -0.1) is 0 Å². The lowest BCUT2D eigenvalue weighted by Gasteiger charge is -2.23. The van der Waals surface area contributed by atoms with E-state index in [1.165, 1.54) is 0 Å². The van der Waals surface area contributed by atoms with Crippen LogP contribution >= 0.6 is 0 Å². The first-order chi connectivity index (χ1) is 11.3. The highest BCUT2D eigenvalue weighted by atomic mass is 16.3. The monoisotopic (exact) mass is 311 g/mol. The average molecular weight is 311 g/mol. The van der Waals surface area contributed by atoms with Crippen molar-refractivity contribution in [3.8, 4) is 0 Å². The van der Waals surface area contributed by atoms with E-state index in [2.05, 4.69) is 10.2 Å². The highest BCUT2D eigenvalue weighted by Crippen LogP contribution is 2.22. The topological polar surface area (TPSA) is 72.4 Å². The molecule has 5 nitrogen and oxygen atoms in total. The van der Waals surface area contributed by atoms with Crippen molar-refractivity contribution >= 4 is 10.9 Å². The number of aliphatic hydroxyl groups is 2. The first-order valence-electron chi connectivity index (χ1n) is 7.76. The lowest BCUT2D eigenvalue weighted by molar-refractivity contribution is 0.0938. The van der Waals surface area contributed by atoms with Gasteiger partial charge in [0.15, 0.2) is 0 Å². The van der Waals surface area contributed by atoms with Gasteiger partial charge in [0.05, 0.1) is 17.8 Å². The highest BCUT2D eigenvalue weighted by molar-refractivity contribution is 5.81. The van der Waals surface area contributed by atoms with Crippen molar-refractivity contribution in [3.63, 3.8) is 0 Å². The Bertz CT molecular complexity index is 742. The summed E-state index contributed by atoms with van der Waals surface area (Å²) in [6.45, 7) is 1.67. The molecule has 0 aliphatic heterocycles. The molecular formula is C18H21N3O2. The lowest BCUT2D eigenvalue weighted by atomic mass is 10.1. The second kappa shape index (κ2) is 7.37. The van der Waals surface area contributed by atoms with E-state index in [0.29, 0.717) is 25.3 Å². The normalized spacial score (nSPS) is 12.8. The molecule has 23 heavy (non-hydrogen) atoms. The summed E-state index contributed by atoms with van der Waals surface area (Å²) in [5.41, 5.74) is 2.72. The molecule has 120 valence electrons. The van der Waals surface area contributed by atoms with Gasteiger partial charge in [-0.1, -0.05) is 48.5 Å². The number of aliphatic hydroxyl groups excluding tert-OH is 2. The van der Waals surface area contributed by atoms with Crippen molar-refractivity contribution in [3.05, 3.63) is 65.9 Å². The maximum Gasteiger partial charge on any atom is 0.111 e. The number of aromatic amines is 1. The molecule has 0 saturated carbocycles. The molecule has 0 bridgehead atoms. The Morgan fingerprint density at radius 2 is 1.78 bits per heavy atom. The van der Waals surface area contributed by atoms with Gasteiger partial charge in [-0.05, 0) is 11.6 Å². The van der Waals surface area contributed by atoms with Crippen molar-refractivity contribution in [2.24, 2.45) is 0 Å². The molecule has 3 N–H and O–H groups in total. The average Bonchev–Trinajstić information content (AvgIpc) is 3.00. The standard InChI is InChI=1S/C18H21N3O2/c22-11-10-21(12-14-6-2-1-3-7-14)13-17(23)18-15-8-4-5-9-16(15)19-20-18/h1-9,17,22-23H,10-13H2,(H,19,20). The first-order valence-corrected chi connectivity index (χ1v) is 7.76. The Morgan fingerprint density at radius 3 is 2.57 bits per heavy atom. The number of H-pyrrole nitrogens is 1. The summed E-state index contributed by atoms with van der Waals surface area (Å²) < 4.78 is 0. The number of nitrogens with one attached hydrogen (secondary N) is 1. The Morgan fingerprint density at radius 1 is 1.04 bits per heavy atom. The number of nitrogens with zero attached hydrogens (tertiary/aromatic N) is 2. The zero-order chi connectivity index (χ0) is 16.1. The van der Waals surface area contributed by atoms with Crippen LogP contribution in [0.25, 0.3) is 10.9 Å². The Balaban J connectivity index is 1.74. The summed E-state index contributed by atoms with van der Waals surface area (Å²) in [4.78, 5) is 2.03. The zero-order valence-corrected chi connectivity index (χ0v) is 12.9. The van der Waals surface area contributed by atoms with Crippen LogP contribution in [-0.4, -0.2) is 45.0 Å². The summed E-state index contributed by atoms with van der Waals surface area (Å²) in [5.74, 6) is 0. The minimum Gasteiger partial charge on any atom is -0.395 e. The number of aromatic nitrogens is 2. The molecule has 1 atom stereocenters. The highest BCUT2D eigenvalue weighted by Gasteiger charge is 2.18. The third-order valence-corrected chi connectivity index (χ3v) is 3.91. The minimum absolute atomic E-state index is 0.0564. The van der Waals surface area contributed by atoms with Crippen LogP contribution < -0.4 is 0 Å². The van der Waals surface area contributed by atoms with E-state index >= 15 is 0 Å². The number of para-hydroxylation sites is 1. The van der Waals surface area contributed by atoms with E-state index in [0.717, 1.165) is 16.5 Å². The van der Waals surface area contributed by atoms with Crippen LogP contribution in [0.5, 0.6) is 0 Å². The molecule has 0 fully saturated rings. The second-order valence-electron chi connectivity index (χ2n) is 5.61. The molecule has 1 unspecified atom stereocenters. The molecule has 0 aliphatic rings. The number of benzene rings is 2. The fraction of sp³-hybridized carbons (Fsp3) is 0.278. The Labute approximate surface area is 135 Å². The van der Waals surface area contributed by atoms with Crippen molar-refractivity contribution in [1.29, 1.82) is 0 Å². The minimum atomic E-state index is -0.707. The molecule has 0 amide bonds. The molecule has 0 radical (unpaired) electrons. The molecule has 1 heterocycles. The molecule has 5 heteroatoms. The summed E-state index contributed by atoms with van der Waals surface area (Å²) >= 11 is 0. The first kappa shape index (κ1) is 15.7. The lowest BCUT2D eigenvalue weighted by Crippen LogP contribution is -2.31. The van der Waals surface area contributed by atoms with Gasteiger partial charge in [-0.3, -0.25) is 10.00 Å². The second-order valence-corrected chi connectivity index (χ2v) is 5.61. The summed E-state index contributed by atoms with van der Waals surface area (Å²) in [5, 5.41) is 28.0. The third-order valence-electron chi connectivity index (χ3n) is 3.91. The Hall–Kier alpha value is -2.21. The predicted octanol–water partition coefficient (Wildman–Crippen LogP) is 2.09. The largest absolute Gasteiger partial charge is 0.395 e. The summed E-state index contributed by atoms with van der Waals surface area (Å²) in [7, 11) is 0. The number of hydrogen-bond donors (Lipinski definition) is 3. The molecule has 0 spiro atoms. The summed E-state index contributed by atoms with van der Waals surface area (Å²) in [6, 6.07) is 17.8. The molecule has 1 aromatic heterocycles. The summed E-state index contributed by atoms with van der Waals surface area (Å²) in [6.07, 6.45) is -0.707. The van der Waals surface area contributed by atoms with Gasteiger partial charge in [0.25, 0.3) is 0 Å². The zero-order valence-electron chi connectivity index (χ0n) is 12.9. The van der Waals surface area contributed by atoms with E-state index in [4.69, 9.17) is 0 Å². The molecular weight excluding hydrogens is 290 g/mol. The molecule has 3 aromatic rings. The van der Waals surface area contributed by atoms with E-state index < -0.39 is 6.10 Å². The van der Waals surface area contributed by atoms with Gasteiger partial charge >= 0.3 is 0 Å². The fourth-order valence-electron chi connectivity index (χ4n) is 2.79. The van der Waals surface area contributed by atoms with Crippen molar-refractivity contribution < 1.29 is 10.2 Å². The molecule has 0 saturated heterocycles. The van der Waals surface area contributed by atoms with Crippen LogP contribution in [0.2, 0.25) is 0 Å². The predicted molar refractivity (Wildman–Crippen MR) is 89.9 cm³/mol. The van der Waals surface area contributed by atoms with E-state index in [-0.39, 0.29) is 6.61 Å². The number of rotatable bonds is 7. The van der Waals surface area contributed by atoms with Crippen LogP contribution in [0.3, 0.4) is 0 Å². The number of hydrogen-bond acceptors (Lipinski definition) is 4. The van der Waals surface area contributed by atoms with E-state index in [1.54, 1.807) is 0 Å². The molecule has 0 aliphatic carbocycles. The molecule has 3 rings (SSSR count). The van der Waals surface area contributed by atoms with Crippen LogP contribution in [0.4, 0.5) is 0 Å². The third kappa shape index (κ3) is 3.76. The van der Waals surface area contributed by atoms with Gasteiger partial charge < -0.3 is 10.2 Å². The maximum atomic E-state index is 10.6. The Kier molecular flexibility index (Phi) is 5.02. The van der Waals surface area contributed by atoms with Crippen molar-refractivity contribution in [1.82, 2.24) is 15.1 Å². The van der Waals surface area contributed by atoms with Crippen LogP contribution in [0.15, 0.2) is 54.6 Å². The molecule has 2 aromatic carbocycles. The quantitative estimate of drug-likeness (QED) is 0.625. The van der Waals surface area contributed by atoms with Crippen molar-refractivity contribution in [2.75, 3.05) is 19.7 Å².